The molecule has 2 rings (SSSR count). The van der Waals surface area contributed by atoms with Crippen molar-refractivity contribution < 1.29 is 13.2 Å². The van der Waals surface area contributed by atoms with Crippen LogP contribution in [0.1, 0.15) is 31.9 Å². The summed E-state index contributed by atoms with van der Waals surface area (Å²) in [6, 6.07) is 7.04. The monoisotopic (exact) mass is 344 g/mol. The van der Waals surface area contributed by atoms with Crippen LogP contribution in [0.2, 0.25) is 0 Å². The Hall–Kier alpha value is -1.27. The second kappa shape index (κ2) is 6.46. The van der Waals surface area contributed by atoms with Crippen LogP contribution in [0.5, 0.6) is 0 Å². The lowest BCUT2D eigenvalue weighted by Crippen LogP contribution is -2.35. The highest BCUT2D eigenvalue weighted by Crippen LogP contribution is 2.33. The van der Waals surface area contributed by atoms with Crippen LogP contribution in [0.4, 0.5) is 5.69 Å². The number of anilines is 1. The maximum Gasteiger partial charge on any atom is 0.240 e. The summed E-state index contributed by atoms with van der Waals surface area (Å²) >= 11 is 5.87. The van der Waals surface area contributed by atoms with Crippen molar-refractivity contribution in [1.29, 1.82) is 0 Å². The summed E-state index contributed by atoms with van der Waals surface area (Å²) in [6.45, 7) is 3.98. The average molecular weight is 345 g/mol. The van der Waals surface area contributed by atoms with Gasteiger partial charge in [0.2, 0.25) is 15.9 Å². The smallest absolute Gasteiger partial charge is 0.240 e. The Labute approximate surface area is 136 Å². The second-order valence-electron chi connectivity index (χ2n) is 5.54. The highest BCUT2D eigenvalue weighted by atomic mass is 35.5. The van der Waals surface area contributed by atoms with Crippen LogP contribution in [-0.2, 0) is 14.8 Å². The fourth-order valence-electron chi connectivity index (χ4n) is 2.66. The van der Waals surface area contributed by atoms with Crippen molar-refractivity contribution in [2.24, 2.45) is 0 Å². The SMILES string of the molecule is CC(Cl)C(=O)N(C)C(C)c1ccccc1N1CCCS1(=O)=O. The zero-order valence-corrected chi connectivity index (χ0v) is 14.6. The molecule has 1 aliphatic heterocycles. The minimum absolute atomic E-state index is 0.170. The van der Waals surface area contributed by atoms with E-state index in [1.54, 1.807) is 24.9 Å². The minimum atomic E-state index is -3.25. The van der Waals surface area contributed by atoms with E-state index in [0.29, 0.717) is 18.7 Å². The first kappa shape index (κ1) is 17.1. The number of halogens is 1. The number of sulfonamides is 1. The van der Waals surface area contributed by atoms with Crippen molar-refractivity contribution in [3.63, 3.8) is 0 Å². The molecule has 0 bridgehead atoms. The predicted octanol–water partition coefficient (Wildman–Crippen LogP) is 2.37. The summed E-state index contributed by atoms with van der Waals surface area (Å²) < 4.78 is 25.8. The number of carbonyl (C=O) groups is 1. The Kier molecular flexibility index (Phi) is 5.02. The molecule has 1 saturated heterocycles. The molecule has 1 aromatic rings. The first-order valence-corrected chi connectivity index (χ1v) is 9.30. The number of hydrogen-bond donors (Lipinski definition) is 0. The van der Waals surface area contributed by atoms with E-state index in [0.717, 1.165) is 5.56 Å². The third-order valence-corrected chi connectivity index (χ3v) is 6.07. The zero-order valence-electron chi connectivity index (χ0n) is 13.0. The lowest BCUT2D eigenvalue weighted by molar-refractivity contribution is -0.131. The van der Waals surface area contributed by atoms with E-state index in [9.17, 15) is 13.2 Å². The molecule has 2 atom stereocenters. The molecule has 1 heterocycles. The van der Waals surface area contributed by atoms with E-state index in [2.05, 4.69) is 0 Å². The number of benzene rings is 1. The Morgan fingerprint density at radius 1 is 1.32 bits per heavy atom. The molecule has 1 amide bonds. The van der Waals surface area contributed by atoms with Gasteiger partial charge in [-0.3, -0.25) is 9.10 Å². The van der Waals surface area contributed by atoms with Gasteiger partial charge < -0.3 is 4.90 Å². The Morgan fingerprint density at radius 2 is 1.95 bits per heavy atom. The Morgan fingerprint density at radius 3 is 2.50 bits per heavy atom. The van der Waals surface area contributed by atoms with Gasteiger partial charge in [-0.25, -0.2) is 8.42 Å². The fourth-order valence-corrected chi connectivity index (χ4v) is 4.40. The molecule has 1 aromatic carbocycles. The molecule has 1 fully saturated rings. The number of para-hydroxylation sites is 1. The van der Waals surface area contributed by atoms with Gasteiger partial charge in [0.1, 0.15) is 5.38 Å². The van der Waals surface area contributed by atoms with Gasteiger partial charge in [0, 0.05) is 13.6 Å². The molecule has 22 heavy (non-hydrogen) atoms. The lowest BCUT2D eigenvalue weighted by atomic mass is 10.0. The molecule has 0 radical (unpaired) electrons. The number of alkyl halides is 1. The van der Waals surface area contributed by atoms with Gasteiger partial charge in [-0.05, 0) is 31.9 Å². The van der Waals surface area contributed by atoms with Crippen molar-refractivity contribution in [3.8, 4) is 0 Å². The molecule has 2 unspecified atom stereocenters. The van der Waals surface area contributed by atoms with Crippen LogP contribution < -0.4 is 4.31 Å². The summed E-state index contributed by atoms with van der Waals surface area (Å²) in [5, 5.41) is -0.616. The zero-order chi connectivity index (χ0) is 16.5. The van der Waals surface area contributed by atoms with E-state index in [4.69, 9.17) is 11.6 Å². The van der Waals surface area contributed by atoms with Gasteiger partial charge in [-0.1, -0.05) is 18.2 Å². The highest BCUT2D eigenvalue weighted by molar-refractivity contribution is 7.93. The summed E-state index contributed by atoms with van der Waals surface area (Å²) in [5.74, 6) is -0.0170. The molecule has 7 heteroatoms. The van der Waals surface area contributed by atoms with Crippen molar-refractivity contribution in [1.82, 2.24) is 4.90 Å². The molecule has 0 N–H and O–H groups in total. The van der Waals surface area contributed by atoms with Crippen molar-refractivity contribution in [2.75, 3.05) is 23.7 Å². The number of hydrogen-bond acceptors (Lipinski definition) is 3. The molecule has 0 spiro atoms. The Balaban J connectivity index is 2.39. The highest BCUT2D eigenvalue weighted by Gasteiger charge is 2.32. The summed E-state index contributed by atoms with van der Waals surface area (Å²) in [4.78, 5) is 13.6. The van der Waals surface area contributed by atoms with Crippen LogP contribution in [0.3, 0.4) is 0 Å². The van der Waals surface area contributed by atoms with Gasteiger partial charge in [-0.15, -0.1) is 11.6 Å². The molecule has 122 valence electrons. The van der Waals surface area contributed by atoms with Gasteiger partial charge >= 0.3 is 0 Å². The summed E-state index contributed by atoms with van der Waals surface area (Å²) in [5.41, 5.74) is 1.45. The first-order valence-electron chi connectivity index (χ1n) is 7.26. The van der Waals surface area contributed by atoms with Crippen LogP contribution >= 0.6 is 11.6 Å². The fraction of sp³-hybridized carbons (Fsp3) is 0.533. The number of amides is 1. The summed E-state index contributed by atoms with van der Waals surface area (Å²) in [6.07, 6.45) is 0.624. The molecule has 5 nitrogen and oxygen atoms in total. The maximum absolute atomic E-state index is 12.2. The van der Waals surface area contributed by atoms with E-state index in [-0.39, 0.29) is 17.7 Å². The van der Waals surface area contributed by atoms with Gasteiger partial charge in [-0.2, -0.15) is 0 Å². The largest absolute Gasteiger partial charge is 0.338 e. The van der Waals surface area contributed by atoms with E-state index in [1.165, 1.54) is 4.31 Å². The Bertz CT molecular complexity index is 661. The van der Waals surface area contributed by atoms with Gasteiger partial charge in [0.15, 0.2) is 0 Å². The molecule has 0 saturated carbocycles. The number of rotatable bonds is 4. The normalized spacial score (nSPS) is 19.7. The molecular weight excluding hydrogens is 324 g/mol. The first-order chi connectivity index (χ1) is 10.3. The lowest BCUT2D eigenvalue weighted by Gasteiger charge is -2.30. The third-order valence-electron chi connectivity index (χ3n) is 4.02. The van der Waals surface area contributed by atoms with Gasteiger partial charge in [0.05, 0.1) is 17.5 Å². The standard InChI is InChI=1S/C15H21ClN2O3S/c1-11(16)15(19)17(3)12(2)13-7-4-5-8-14(13)18-9-6-10-22(18,20)21/h4-5,7-8,11-12H,6,9-10H2,1-3H3. The molecular formula is C15H21ClN2O3S. The van der Waals surface area contributed by atoms with Crippen molar-refractivity contribution in [3.05, 3.63) is 29.8 Å². The molecule has 1 aliphatic rings. The second-order valence-corrected chi connectivity index (χ2v) is 8.21. The van der Waals surface area contributed by atoms with E-state index >= 15 is 0 Å². The van der Waals surface area contributed by atoms with Crippen molar-refractivity contribution >= 4 is 33.2 Å². The molecule has 0 aromatic heterocycles. The van der Waals surface area contributed by atoms with E-state index in [1.807, 2.05) is 25.1 Å². The maximum atomic E-state index is 12.2. The molecule has 0 aliphatic carbocycles. The average Bonchev–Trinajstić information content (AvgIpc) is 2.84. The van der Waals surface area contributed by atoms with Crippen LogP contribution in [0, 0.1) is 0 Å². The van der Waals surface area contributed by atoms with Crippen molar-refractivity contribution in [2.45, 2.75) is 31.7 Å². The number of nitrogens with zero attached hydrogens (tertiary/aromatic N) is 2. The topological polar surface area (TPSA) is 57.7 Å². The van der Waals surface area contributed by atoms with Gasteiger partial charge in [0.25, 0.3) is 0 Å². The third kappa shape index (κ3) is 3.22. The quantitative estimate of drug-likeness (QED) is 0.788. The summed E-state index contributed by atoms with van der Waals surface area (Å²) in [7, 11) is -1.57. The number of carbonyl (C=O) groups excluding carboxylic acids is 1. The minimum Gasteiger partial charge on any atom is -0.338 e. The van der Waals surface area contributed by atoms with Crippen LogP contribution in [0.15, 0.2) is 24.3 Å². The van der Waals surface area contributed by atoms with E-state index < -0.39 is 15.4 Å². The predicted molar refractivity (Wildman–Crippen MR) is 88.7 cm³/mol. The van der Waals surface area contributed by atoms with Crippen LogP contribution in [0.25, 0.3) is 0 Å². The van der Waals surface area contributed by atoms with Crippen LogP contribution in [-0.4, -0.2) is 43.9 Å².